The molecule has 24 heavy (non-hydrogen) atoms. The molecule has 0 saturated carbocycles. The Kier molecular flexibility index (Phi) is 6.30. The van der Waals surface area contributed by atoms with Gasteiger partial charge in [-0.2, -0.15) is 0 Å². The molecule has 0 aromatic heterocycles. The average Bonchev–Trinajstić information content (AvgIpc) is 2.60. The molecule has 11 heteroatoms. The second kappa shape index (κ2) is 8.44. The molecule has 1 aromatic rings. The van der Waals surface area contributed by atoms with Gasteiger partial charge >= 0.3 is 5.97 Å². The van der Waals surface area contributed by atoms with Crippen LogP contribution in [0.1, 0.15) is 0 Å². The number of methoxy groups -OCH3 is 1. The Morgan fingerprint density at radius 1 is 1.25 bits per heavy atom. The first-order valence-corrected chi connectivity index (χ1v) is 7.71. The van der Waals surface area contributed by atoms with Crippen molar-refractivity contribution >= 4 is 17.7 Å². The van der Waals surface area contributed by atoms with Crippen LogP contribution >= 0.6 is 11.8 Å². The van der Waals surface area contributed by atoms with Crippen molar-refractivity contribution in [1.29, 1.82) is 0 Å². The lowest BCUT2D eigenvalue weighted by atomic mass is 9.96. The quantitative estimate of drug-likeness (QED) is 0.374. The van der Waals surface area contributed by atoms with E-state index in [4.69, 9.17) is 15.8 Å². The molecule has 0 spiro atoms. The molecule has 1 aromatic carbocycles. The van der Waals surface area contributed by atoms with Gasteiger partial charge in [-0.3, -0.25) is 0 Å². The number of hydrogen-bond acceptors (Lipinski definition) is 7. The largest absolute Gasteiger partial charge is 0.467 e. The number of nitrogens with zero attached hydrogens (tertiary/aromatic N) is 6. The predicted octanol–water partition coefficient (Wildman–Crippen LogP) is 2.40. The van der Waals surface area contributed by atoms with E-state index in [1.807, 2.05) is 30.3 Å². The standard InChI is InChI=1S/C13H14N6O4S/c1-22-12(21)11-10(20)8(16-18-14)9(17-19-15)13(23-11)24-7-5-3-2-4-6-7/h2-6,8-11,13,20H,1H3/t8-,9+,10+,11+,13+/m1/s1. The zero-order valence-corrected chi connectivity index (χ0v) is 13.4. The van der Waals surface area contributed by atoms with Crippen LogP contribution in [-0.2, 0) is 14.3 Å². The van der Waals surface area contributed by atoms with Crippen LogP contribution in [0.3, 0.4) is 0 Å². The molecular weight excluding hydrogens is 336 g/mol. The molecule has 1 saturated heterocycles. The lowest BCUT2D eigenvalue weighted by Gasteiger charge is -2.39. The zero-order valence-electron chi connectivity index (χ0n) is 12.5. The summed E-state index contributed by atoms with van der Waals surface area (Å²) in [6.45, 7) is 0. The Labute approximate surface area is 141 Å². The van der Waals surface area contributed by atoms with Crippen molar-refractivity contribution in [3.05, 3.63) is 51.2 Å². The van der Waals surface area contributed by atoms with E-state index in [1.165, 1.54) is 11.8 Å². The number of carbonyl (C=O) groups is 1. The average molecular weight is 350 g/mol. The Hall–Kier alpha value is -2.42. The number of carbonyl (C=O) groups excluding carboxylic acids is 1. The molecule has 1 aliphatic heterocycles. The molecule has 126 valence electrons. The van der Waals surface area contributed by atoms with Gasteiger partial charge in [-0.15, -0.1) is 0 Å². The highest BCUT2D eigenvalue weighted by atomic mass is 32.2. The van der Waals surface area contributed by atoms with Gasteiger partial charge in [-0.05, 0) is 23.2 Å². The minimum Gasteiger partial charge on any atom is -0.467 e. The minimum atomic E-state index is -1.49. The van der Waals surface area contributed by atoms with Crippen LogP contribution in [0.15, 0.2) is 45.5 Å². The van der Waals surface area contributed by atoms with Gasteiger partial charge in [0.2, 0.25) is 0 Å². The van der Waals surface area contributed by atoms with Gasteiger partial charge in [0.05, 0.1) is 19.2 Å². The number of thioether (sulfide) groups is 1. The molecule has 1 N–H and O–H groups in total. The molecule has 0 bridgehead atoms. The Morgan fingerprint density at radius 2 is 1.88 bits per heavy atom. The number of aliphatic hydroxyl groups is 1. The second-order valence-electron chi connectivity index (χ2n) is 4.76. The molecule has 0 aliphatic carbocycles. The third kappa shape index (κ3) is 3.91. The van der Waals surface area contributed by atoms with E-state index in [1.54, 1.807) is 0 Å². The van der Waals surface area contributed by atoms with Crippen molar-refractivity contribution in [3.63, 3.8) is 0 Å². The lowest BCUT2D eigenvalue weighted by molar-refractivity contribution is -0.173. The van der Waals surface area contributed by atoms with Gasteiger partial charge in [0.1, 0.15) is 11.5 Å². The number of esters is 1. The van der Waals surface area contributed by atoms with E-state index in [2.05, 4.69) is 24.8 Å². The summed E-state index contributed by atoms with van der Waals surface area (Å²) in [6, 6.07) is 6.91. The van der Waals surface area contributed by atoms with Crippen LogP contribution in [0.25, 0.3) is 20.9 Å². The fourth-order valence-electron chi connectivity index (χ4n) is 2.27. The molecule has 0 unspecified atom stereocenters. The monoisotopic (exact) mass is 350 g/mol. The summed E-state index contributed by atoms with van der Waals surface area (Å²) in [5.41, 5.74) is 16.7. The topological polar surface area (TPSA) is 153 Å². The fourth-order valence-corrected chi connectivity index (χ4v) is 3.38. The number of ether oxygens (including phenoxy) is 2. The summed E-state index contributed by atoms with van der Waals surface area (Å²) >= 11 is 1.19. The molecular formula is C13H14N6O4S. The molecule has 0 amide bonds. The first-order valence-electron chi connectivity index (χ1n) is 6.84. The Bertz CT molecular complexity index is 676. The van der Waals surface area contributed by atoms with E-state index in [-0.39, 0.29) is 0 Å². The fraction of sp³-hybridized carbons (Fsp3) is 0.462. The highest BCUT2D eigenvalue weighted by Gasteiger charge is 2.48. The lowest BCUT2D eigenvalue weighted by Crippen LogP contribution is -2.57. The summed E-state index contributed by atoms with van der Waals surface area (Å²) in [7, 11) is 1.15. The van der Waals surface area contributed by atoms with Crippen molar-refractivity contribution in [2.24, 2.45) is 10.2 Å². The molecule has 1 fully saturated rings. The number of hydrogen-bond donors (Lipinski definition) is 1. The van der Waals surface area contributed by atoms with Gasteiger partial charge < -0.3 is 14.6 Å². The Morgan fingerprint density at radius 3 is 2.46 bits per heavy atom. The summed E-state index contributed by atoms with van der Waals surface area (Å²) in [5, 5.41) is 17.3. The maximum Gasteiger partial charge on any atom is 0.337 e. The van der Waals surface area contributed by atoms with Crippen molar-refractivity contribution in [2.75, 3.05) is 7.11 Å². The van der Waals surface area contributed by atoms with Crippen molar-refractivity contribution in [3.8, 4) is 0 Å². The minimum absolute atomic E-state index is 0.792. The van der Waals surface area contributed by atoms with Crippen LogP contribution in [0.5, 0.6) is 0 Å². The third-order valence-corrected chi connectivity index (χ3v) is 4.54. The van der Waals surface area contributed by atoms with Crippen LogP contribution in [0.4, 0.5) is 0 Å². The molecule has 1 aliphatic rings. The van der Waals surface area contributed by atoms with E-state index in [9.17, 15) is 9.90 Å². The second-order valence-corrected chi connectivity index (χ2v) is 5.93. The smallest absolute Gasteiger partial charge is 0.337 e. The molecule has 2 rings (SSSR count). The third-order valence-electron chi connectivity index (χ3n) is 3.37. The van der Waals surface area contributed by atoms with E-state index < -0.39 is 35.7 Å². The zero-order chi connectivity index (χ0) is 17.5. The molecule has 1 heterocycles. The SMILES string of the molecule is COC(=O)[C@H]1O[C@@H](Sc2ccccc2)[C@@H](N=[N+]=[N-])[C@@H](N=[N+]=[N-])[C@@H]1O. The van der Waals surface area contributed by atoms with Gasteiger partial charge in [0.25, 0.3) is 0 Å². The molecule has 5 atom stereocenters. The normalized spacial score (nSPS) is 29.0. The summed E-state index contributed by atoms with van der Waals surface area (Å²) in [4.78, 5) is 18.0. The highest BCUT2D eigenvalue weighted by Crippen LogP contribution is 2.36. The maximum absolute atomic E-state index is 11.8. The number of rotatable bonds is 5. The van der Waals surface area contributed by atoms with Gasteiger partial charge in [0, 0.05) is 14.7 Å². The number of aliphatic hydroxyl groups excluding tert-OH is 1. The summed E-state index contributed by atoms with van der Waals surface area (Å²) in [5.74, 6) is -0.807. The van der Waals surface area contributed by atoms with Gasteiger partial charge in [-0.25, -0.2) is 4.79 Å². The van der Waals surface area contributed by atoms with Gasteiger partial charge in [0.15, 0.2) is 6.10 Å². The molecule has 10 nitrogen and oxygen atoms in total. The first-order chi connectivity index (χ1) is 11.6. The van der Waals surface area contributed by atoms with E-state index >= 15 is 0 Å². The van der Waals surface area contributed by atoms with Crippen molar-refractivity contribution in [1.82, 2.24) is 0 Å². The summed E-state index contributed by atoms with van der Waals surface area (Å²) in [6.07, 6.45) is -2.84. The summed E-state index contributed by atoms with van der Waals surface area (Å²) < 4.78 is 10.2. The molecule has 0 radical (unpaired) electrons. The van der Waals surface area contributed by atoms with Gasteiger partial charge in [-0.1, -0.05) is 40.2 Å². The van der Waals surface area contributed by atoms with E-state index in [0.717, 1.165) is 12.0 Å². The predicted molar refractivity (Wildman–Crippen MR) is 84.9 cm³/mol. The van der Waals surface area contributed by atoms with Crippen LogP contribution in [0.2, 0.25) is 0 Å². The maximum atomic E-state index is 11.8. The number of benzene rings is 1. The highest BCUT2D eigenvalue weighted by molar-refractivity contribution is 7.99. The van der Waals surface area contributed by atoms with Crippen molar-refractivity contribution in [2.45, 2.75) is 34.6 Å². The Balaban J connectivity index is 2.37. The van der Waals surface area contributed by atoms with Crippen molar-refractivity contribution < 1.29 is 19.4 Å². The first kappa shape index (κ1) is 17.9. The van der Waals surface area contributed by atoms with Crippen LogP contribution in [-0.4, -0.2) is 47.9 Å². The van der Waals surface area contributed by atoms with Crippen LogP contribution in [0, 0.1) is 0 Å². The van der Waals surface area contributed by atoms with E-state index in [0.29, 0.717) is 0 Å². The number of azide groups is 2. The van der Waals surface area contributed by atoms with Crippen LogP contribution < -0.4 is 0 Å².